The van der Waals surface area contributed by atoms with E-state index >= 15 is 0 Å². The molecule has 0 saturated carbocycles. The topological polar surface area (TPSA) is 15.3 Å². The van der Waals surface area contributed by atoms with Crippen LogP contribution in [0.3, 0.4) is 0 Å². The molecule has 118 valence electrons. The highest BCUT2D eigenvalue weighted by molar-refractivity contribution is 5.30. The molecule has 0 spiro atoms. The molecule has 1 N–H and O–H groups in total. The first-order chi connectivity index (χ1) is 9.97. The van der Waals surface area contributed by atoms with Gasteiger partial charge in [-0.1, -0.05) is 52.0 Å². The van der Waals surface area contributed by atoms with E-state index in [0.29, 0.717) is 6.04 Å². The Morgan fingerprint density at radius 1 is 1.19 bits per heavy atom. The van der Waals surface area contributed by atoms with Gasteiger partial charge in [-0.2, -0.15) is 0 Å². The lowest BCUT2D eigenvalue weighted by Gasteiger charge is -2.29. The summed E-state index contributed by atoms with van der Waals surface area (Å²) in [5, 5.41) is 3.38. The third kappa shape index (κ3) is 3.87. The van der Waals surface area contributed by atoms with Gasteiger partial charge in [-0.3, -0.25) is 4.90 Å². The summed E-state index contributed by atoms with van der Waals surface area (Å²) in [5.41, 5.74) is 3.16. The number of nitrogens with zero attached hydrogens (tertiary/aromatic N) is 1. The van der Waals surface area contributed by atoms with Crippen LogP contribution in [0.15, 0.2) is 24.3 Å². The van der Waals surface area contributed by atoms with Gasteiger partial charge in [-0.05, 0) is 62.0 Å². The van der Waals surface area contributed by atoms with Crippen LogP contribution in [0, 0.1) is 5.92 Å². The van der Waals surface area contributed by atoms with Gasteiger partial charge in [0.25, 0.3) is 0 Å². The molecular formula is C19H32N2. The summed E-state index contributed by atoms with van der Waals surface area (Å²) in [6, 6.07) is 9.97. The van der Waals surface area contributed by atoms with E-state index in [1.807, 2.05) is 0 Å². The SMILES string of the molecule is CCCN1CCC(CNC)C1c1ccc(C(C)(C)C)cc1. The summed E-state index contributed by atoms with van der Waals surface area (Å²) in [5.74, 6) is 0.738. The molecular weight excluding hydrogens is 256 g/mol. The number of likely N-dealkylation sites (tertiary alicyclic amines) is 1. The fraction of sp³-hybridized carbons (Fsp3) is 0.684. The van der Waals surface area contributed by atoms with Crippen LogP contribution in [-0.2, 0) is 5.41 Å². The zero-order chi connectivity index (χ0) is 15.5. The summed E-state index contributed by atoms with van der Waals surface area (Å²) in [6.07, 6.45) is 2.55. The summed E-state index contributed by atoms with van der Waals surface area (Å²) in [6.45, 7) is 12.7. The predicted molar refractivity (Wildman–Crippen MR) is 91.8 cm³/mol. The van der Waals surface area contributed by atoms with Gasteiger partial charge in [-0.15, -0.1) is 0 Å². The van der Waals surface area contributed by atoms with Gasteiger partial charge in [-0.25, -0.2) is 0 Å². The van der Waals surface area contributed by atoms with E-state index in [4.69, 9.17) is 0 Å². The summed E-state index contributed by atoms with van der Waals surface area (Å²) in [4.78, 5) is 2.67. The molecule has 0 bridgehead atoms. The van der Waals surface area contributed by atoms with E-state index in [1.54, 1.807) is 0 Å². The van der Waals surface area contributed by atoms with Crippen molar-refractivity contribution in [1.29, 1.82) is 0 Å². The molecule has 0 amide bonds. The van der Waals surface area contributed by atoms with Crippen LogP contribution >= 0.6 is 0 Å². The average Bonchev–Trinajstić information content (AvgIpc) is 2.82. The van der Waals surface area contributed by atoms with E-state index in [-0.39, 0.29) is 5.41 Å². The zero-order valence-electron chi connectivity index (χ0n) is 14.4. The van der Waals surface area contributed by atoms with Crippen molar-refractivity contribution < 1.29 is 0 Å². The number of hydrogen-bond acceptors (Lipinski definition) is 2. The largest absolute Gasteiger partial charge is 0.319 e. The van der Waals surface area contributed by atoms with Crippen molar-refractivity contribution >= 4 is 0 Å². The van der Waals surface area contributed by atoms with Crippen molar-refractivity contribution in [2.75, 3.05) is 26.7 Å². The summed E-state index contributed by atoms with van der Waals surface area (Å²) >= 11 is 0. The second-order valence-electron chi connectivity index (χ2n) is 7.46. The molecule has 0 aromatic heterocycles. The Kier molecular flexibility index (Phi) is 5.45. The fourth-order valence-electron chi connectivity index (χ4n) is 3.60. The van der Waals surface area contributed by atoms with Crippen LogP contribution in [0.5, 0.6) is 0 Å². The zero-order valence-corrected chi connectivity index (χ0v) is 14.4. The van der Waals surface area contributed by atoms with Gasteiger partial charge >= 0.3 is 0 Å². The number of nitrogens with one attached hydrogen (secondary N) is 1. The maximum absolute atomic E-state index is 3.38. The predicted octanol–water partition coefficient (Wildman–Crippen LogP) is 3.98. The van der Waals surface area contributed by atoms with Crippen LogP contribution in [-0.4, -0.2) is 31.6 Å². The van der Waals surface area contributed by atoms with Gasteiger partial charge in [0.2, 0.25) is 0 Å². The fourth-order valence-corrected chi connectivity index (χ4v) is 3.60. The Bertz CT molecular complexity index is 416. The first-order valence-corrected chi connectivity index (χ1v) is 8.46. The Balaban J connectivity index is 2.22. The molecule has 1 aromatic carbocycles. The quantitative estimate of drug-likeness (QED) is 0.881. The van der Waals surface area contributed by atoms with Gasteiger partial charge in [0.05, 0.1) is 0 Å². The molecule has 2 nitrogen and oxygen atoms in total. The molecule has 2 atom stereocenters. The maximum Gasteiger partial charge on any atom is 0.0388 e. The standard InChI is InChI=1S/C19H32N2/c1-6-12-21-13-11-16(14-20-5)18(21)15-7-9-17(10-8-15)19(2,3)4/h7-10,16,18,20H,6,11-14H2,1-5H3. The van der Waals surface area contributed by atoms with E-state index < -0.39 is 0 Å². The Morgan fingerprint density at radius 2 is 1.86 bits per heavy atom. The van der Waals surface area contributed by atoms with Crippen LogP contribution in [0.1, 0.15) is 57.7 Å². The molecule has 2 heteroatoms. The lowest BCUT2D eigenvalue weighted by Crippen LogP contribution is -2.29. The van der Waals surface area contributed by atoms with Crippen molar-refractivity contribution in [3.63, 3.8) is 0 Å². The Hall–Kier alpha value is -0.860. The highest BCUT2D eigenvalue weighted by Crippen LogP contribution is 2.37. The van der Waals surface area contributed by atoms with Gasteiger partial charge in [0.15, 0.2) is 0 Å². The summed E-state index contributed by atoms with van der Waals surface area (Å²) in [7, 11) is 2.07. The van der Waals surface area contributed by atoms with Gasteiger partial charge in [0.1, 0.15) is 0 Å². The van der Waals surface area contributed by atoms with Crippen LogP contribution < -0.4 is 5.32 Å². The normalized spacial score (nSPS) is 23.7. The number of hydrogen-bond donors (Lipinski definition) is 1. The van der Waals surface area contributed by atoms with Crippen molar-refractivity contribution in [2.24, 2.45) is 5.92 Å². The lowest BCUT2D eigenvalue weighted by molar-refractivity contribution is 0.227. The molecule has 0 aliphatic carbocycles. The molecule has 1 aliphatic heterocycles. The minimum Gasteiger partial charge on any atom is -0.319 e. The van der Waals surface area contributed by atoms with Gasteiger partial charge in [0, 0.05) is 6.04 Å². The van der Waals surface area contributed by atoms with E-state index in [0.717, 1.165) is 12.5 Å². The third-order valence-electron chi connectivity index (χ3n) is 4.72. The molecule has 1 saturated heterocycles. The van der Waals surface area contributed by atoms with Crippen molar-refractivity contribution in [3.05, 3.63) is 35.4 Å². The monoisotopic (exact) mass is 288 g/mol. The highest BCUT2D eigenvalue weighted by atomic mass is 15.2. The lowest BCUT2D eigenvalue weighted by atomic mass is 9.85. The van der Waals surface area contributed by atoms with Crippen LogP contribution in [0.25, 0.3) is 0 Å². The molecule has 21 heavy (non-hydrogen) atoms. The molecule has 1 heterocycles. The smallest absolute Gasteiger partial charge is 0.0388 e. The highest BCUT2D eigenvalue weighted by Gasteiger charge is 2.34. The number of benzene rings is 1. The minimum absolute atomic E-state index is 0.238. The average molecular weight is 288 g/mol. The Labute approximate surface area is 130 Å². The first-order valence-electron chi connectivity index (χ1n) is 8.46. The van der Waals surface area contributed by atoms with Gasteiger partial charge < -0.3 is 5.32 Å². The molecule has 2 rings (SSSR count). The maximum atomic E-state index is 3.38. The second kappa shape index (κ2) is 6.93. The van der Waals surface area contributed by atoms with Crippen molar-refractivity contribution in [2.45, 2.75) is 52.0 Å². The van der Waals surface area contributed by atoms with E-state index in [2.05, 4.69) is 69.2 Å². The first kappa shape index (κ1) is 16.5. The molecule has 1 aromatic rings. The van der Waals surface area contributed by atoms with Crippen molar-refractivity contribution in [3.8, 4) is 0 Å². The van der Waals surface area contributed by atoms with Crippen molar-refractivity contribution in [1.82, 2.24) is 10.2 Å². The Morgan fingerprint density at radius 3 is 2.38 bits per heavy atom. The van der Waals surface area contributed by atoms with E-state index in [9.17, 15) is 0 Å². The molecule has 2 unspecified atom stereocenters. The molecule has 1 fully saturated rings. The second-order valence-corrected chi connectivity index (χ2v) is 7.46. The number of rotatable bonds is 5. The van der Waals surface area contributed by atoms with Crippen LogP contribution in [0.4, 0.5) is 0 Å². The minimum atomic E-state index is 0.238. The molecule has 1 aliphatic rings. The van der Waals surface area contributed by atoms with Crippen LogP contribution in [0.2, 0.25) is 0 Å². The third-order valence-corrected chi connectivity index (χ3v) is 4.72. The summed E-state index contributed by atoms with van der Waals surface area (Å²) < 4.78 is 0. The van der Waals surface area contributed by atoms with E-state index in [1.165, 1.54) is 37.1 Å². The molecule has 0 radical (unpaired) electrons.